The number of likely N-dealkylation sites (N-methyl/N-ethyl adjacent to an activating group) is 1. The topological polar surface area (TPSA) is 100 Å². The first-order valence-corrected chi connectivity index (χ1v) is 11.6. The molecular formula is C23H25N5O3S. The minimum absolute atomic E-state index is 0.210. The molecule has 2 N–H and O–H groups in total. The summed E-state index contributed by atoms with van der Waals surface area (Å²) in [7, 11) is 1.71. The average Bonchev–Trinajstić information content (AvgIpc) is 3.57. The Hall–Kier alpha value is -2.88. The van der Waals surface area contributed by atoms with Crippen LogP contribution in [0.15, 0.2) is 41.9 Å². The molecule has 32 heavy (non-hydrogen) atoms. The van der Waals surface area contributed by atoms with E-state index in [4.69, 9.17) is 9.72 Å². The molecule has 0 radical (unpaired) electrons. The molecular weight excluding hydrogens is 426 g/mol. The molecule has 5 rings (SSSR count). The maximum atomic E-state index is 12.5. The number of aliphatic hydroxyl groups is 1. The molecule has 2 aliphatic heterocycles. The monoisotopic (exact) mass is 451 g/mol. The summed E-state index contributed by atoms with van der Waals surface area (Å²) in [5.74, 6) is 0.291. The average molecular weight is 452 g/mol. The first kappa shape index (κ1) is 21.0. The molecule has 166 valence electrons. The quantitative estimate of drug-likeness (QED) is 0.594. The molecule has 3 aromatic rings. The highest BCUT2D eigenvalue weighted by Gasteiger charge is 2.45. The van der Waals surface area contributed by atoms with Gasteiger partial charge >= 0.3 is 0 Å². The van der Waals surface area contributed by atoms with Gasteiger partial charge in [-0.1, -0.05) is 18.2 Å². The van der Waals surface area contributed by atoms with E-state index in [1.807, 2.05) is 29.6 Å². The Bertz CT molecular complexity index is 1130. The summed E-state index contributed by atoms with van der Waals surface area (Å²) in [6, 6.07) is 9.28. The van der Waals surface area contributed by atoms with Crippen LogP contribution >= 0.6 is 11.3 Å². The molecule has 1 aromatic carbocycles. The van der Waals surface area contributed by atoms with E-state index < -0.39 is 5.60 Å². The van der Waals surface area contributed by atoms with Crippen LogP contribution in [0.25, 0.3) is 22.0 Å². The summed E-state index contributed by atoms with van der Waals surface area (Å²) in [5.41, 5.74) is 1.48. The number of nitrogens with one attached hydrogen (secondary N) is 1. The normalized spacial score (nSPS) is 23.1. The number of hydrogen-bond donors (Lipinski definition) is 2. The summed E-state index contributed by atoms with van der Waals surface area (Å²) in [6.07, 6.45) is 4.47. The van der Waals surface area contributed by atoms with Gasteiger partial charge in [0.1, 0.15) is 10.7 Å². The fourth-order valence-electron chi connectivity index (χ4n) is 4.15. The second kappa shape index (κ2) is 8.57. The number of thiazole rings is 1. The van der Waals surface area contributed by atoms with Crippen molar-refractivity contribution < 1.29 is 14.6 Å². The molecule has 4 heterocycles. The van der Waals surface area contributed by atoms with Gasteiger partial charge in [0.25, 0.3) is 5.91 Å². The molecule has 8 nitrogen and oxygen atoms in total. The van der Waals surface area contributed by atoms with Gasteiger partial charge in [0.2, 0.25) is 5.95 Å². The van der Waals surface area contributed by atoms with Gasteiger partial charge in [-0.15, -0.1) is 11.3 Å². The predicted molar refractivity (Wildman–Crippen MR) is 122 cm³/mol. The summed E-state index contributed by atoms with van der Waals surface area (Å²) >= 11 is 1.50. The van der Waals surface area contributed by atoms with Crippen molar-refractivity contribution in [3.63, 3.8) is 0 Å². The minimum Gasteiger partial charge on any atom is -0.376 e. The van der Waals surface area contributed by atoms with Gasteiger partial charge in [0.15, 0.2) is 5.60 Å². The summed E-state index contributed by atoms with van der Waals surface area (Å²) in [6.45, 7) is 2.05. The van der Waals surface area contributed by atoms with Crippen molar-refractivity contribution in [3.8, 4) is 22.0 Å². The summed E-state index contributed by atoms with van der Waals surface area (Å²) in [5, 5.41) is 17.0. The molecule has 0 spiro atoms. The summed E-state index contributed by atoms with van der Waals surface area (Å²) < 4.78 is 5.64. The number of hydrogen-bond acceptors (Lipinski definition) is 8. The van der Waals surface area contributed by atoms with Crippen LogP contribution < -0.4 is 5.32 Å². The van der Waals surface area contributed by atoms with Gasteiger partial charge in [-0.25, -0.2) is 15.0 Å². The number of carbonyl (C=O) groups excluding carboxylic acids is 1. The van der Waals surface area contributed by atoms with E-state index in [0.29, 0.717) is 31.0 Å². The van der Waals surface area contributed by atoms with Gasteiger partial charge < -0.3 is 20.1 Å². The maximum Gasteiger partial charge on any atom is 0.258 e. The zero-order chi connectivity index (χ0) is 22.1. The van der Waals surface area contributed by atoms with Crippen LogP contribution in [-0.2, 0) is 15.1 Å². The highest BCUT2D eigenvalue weighted by Crippen LogP contribution is 2.36. The maximum absolute atomic E-state index is 12.5. The van der Waals surface area contributed by atoms with Crippen LogP contribution in [0, 0.1) is 0 Å². The van der Waals surface area contributed by atoms with Crippen LogP contribution in [0.3, 0.4) is 0 Å². The Kier molecular flexibility index (Phi) is 5.62. The molecule has 2 aliphatic rings. The Morgan fingerprint density at radius 3 is 3.00 bits per heavy atom. The van der Waals surface area contributed by atoms with E-state index in [-0.39, 0.29) is 12.0 Å². The second-order valence-electron chi connectivity index (χ2n) is 8.24. The Balaban J connectivity index is 1.35. The smallest absolute Gasteiger partial charge is 0.258 e. The Labute approximate surface area is 190 Å². The van der Waals surface area contributed by atoms with E-state index in [2.05, 4.69) is 15.3 Å². The second-order valence-corrected chi connectivity index (χ2v) is 9.10. The van der Waals surface area contributed by atoms with Crippen molar-refractivity contribution >= 4 is 23.2 Å². The third-order valence-electron chi connectivity index (χ3n) is 6.03. The van der Waals surface area contributed by atoms with Crippen molar-refractivity contribution in [2.24, 2.45) is 0 Å². The molecule has 0 aliphatic carbocycles. The number of aromatic nitrogens is 3. The molecule has 0 saturated carbocycles. The van der Waals surface area contributed by atoms with E-state index in [0.717, 1.165) is 41.4 Å². The number of amides is 1. The van der Waals surface area contributed by atoms with Gasteiger partial charge in [-0.05, 0) is 30.5 Å². The van der Waals surface area contributed by atoms with Crippen LogP contribution in [0.5, 0.6) is 0 Å². The molecule has 2 saturated heterocycles. The van der Waals surface area contributed by atoms with E-state index in [1.54, 1.807) is 24.2 Å². The van der Waals surface area contributed by atoms with Crippen molar-refractivity contribution in [1.29, 1.82) is 0 Å². The highest BCUT2D eigenvalue weighted by molar-refractivity contribution is 7.13. The SMILES string of the molecule is CN1CCC(O)(c2cccc(-c3nc(-c4ccnc(NCC5CCCO5)n4)cs3)c2)C1=O. The van der Waals surface area contributed by atoms with Crippen molar-refractivity contribution in [1.82, 2.24) is 19.9 Å². The number of likely N-dealkylation sites (tertiary alicyclic amines) is 1. The number of ether oxygens (including phenoxy) is 1. The van der Waals surface area contributed by atoms with E-state index in [1.165, 1.54) is 11.3 Å². The number of carbonyl (C=O) groups is 1. The number of anilines is 1. The lowest BCUT2D eigenvalue weighted by Gasteiger charge is -2.21. The molecule has 2 fully saturated rings. The fourth-order valence-corrected chi connectivity index (χ4v) is 4.96. The highest BCUT2D eigenvalue weighted by atomic mass is 32.1. The van der Waals surface area contributed by atoms with Gasteiger partial charge in [0.05, 0.1) is 11.8 Å². The molecule has 0 bridgehead atoms. The minimum atomic E-state index is -1.47. The lowest BCUT2D eigenvalue weighted by molar-refractivity contribution is -0.143. The lowest BCUT2D eigenvalue weighted by atomic mass is 9.91. The van der Waals surface area contributed by atoms with Gasteiger partial charge in [0, 0.05) is 50.3 Å². The molecule has 2 aromatic heterocycles. The van der Waals surface area contributed by atoms with Crippen LogP contribution in [0.1, 0.15) is 24.8 Å². The summed E-state index contributed by atoms with van der Waals surface area (Å²) in [4.78, 5) is 27.7. The van der Waals surface area contributed by atoms with E-state index >= 15 is 0 Å². The first-order chi connectivity index (χ1) is 15.5. The molecule has 2 atom stereocenters. The third-order valence-corrected chi connectivity index (χ3v) is 6.92. The molecule has 2 unspecified atom stereocenters. The zero-order valence-corrected chi connectivity index (χ0v) is 18.6. The predicted octanol–water partition coefficient (Wildman–Crippen LogP) is 2.91. The first-order valence-electron chi connectivity index (χ1n) is 10.8. The standard InChI is InChI=1S/C23H25N5O3S/c1-28-10-8-23(30,21(28)29)16-5-2-4-15(12-16)20-26-19(14-32-20)18-7-9-24-22(27-18)25-13-17-6-3-11-31-17/h2,4-5,7,9,12,14,17,30H,3,6,8,10-11,13H2,1H3,(H,24,25,27). The van der Waals surface area contributed by atoms with Gasteiger partial charge in [-0.2, -0.15) is 0 Å². The fraction of sp³-hybridized carbons (Fsp3) is 0.391. The van der Waals surface area contributed by atoms with Gasteiger partial charge in [-0.3, -0.25) is 4.79 Å². The Morgan fingerprint density at radius 2 is 2.22 bits per heavy atom. The molecule has 9 heteroatoms. The Morgan fingerprint density at radius 1 is 1.31 bits per heavy atom. The number of nitrogens with zero attached hydrogens (tertiary/aromatic N) is 4. The number of rotatable bonds is 6. The molecule has 1 amide bonds. The van der Waals surface area contributed by atoms with Crippen molar-refractivity contribution in [2.45, 2.75) is 31.0 Å². The van der Waals surface area contributed by atoms with Crippen molar-refractivity contribution in [3.05, 3.63) is 47.5 Å². The lowest BCUT2D eigenvalue weighted by Crippen LogP contribution is -2.36. The third kappa shape index (κ3) is 3.99. The van der Waals surface area contributed by atoms with Crippen LogP contribution in [0.4, 0.5) is 5.95 Å². The largest absolute Gasteiger partial charge is 0.376 e. The zero-order valence-electron chi connectivity index (χ0n) is 17.8. The van der Waals surface area contributed by atoms with Crippen molar-refractivity contribution in [2.75, 3.05) is 32.1 Å². The van der Waals surface area contributed by atoms with E-state index in [9.17, 15) is 9.90 Å². The van der Waals surface area contributed by atoms with Crippen LogP contribution in [0.2, 0.25) is 0 Å². The van der Waals surface area contributed by atoms with Crippen LogP contribution in [-0.4, -0.2) is 63.7 Å². The number of benzene rings is 1.